The Kier molecular flexibility index (Phi) is 4.40. The molecule has 110 valence electrons. The van der Waals surface area contributed by atoms with Crippen LogP contribution in [0.2, 0.25) is 0 Å². The van der Waals surface area contributed by atoms with Crippen molar-refractivity contribution in [2.24, 2.45) is 5.92 Å². The first kappa shape index (κ1) is 14.3. The van der Waals surface area contributed by atoms with Gasteiger partial charge < -0.3 is 5.32 Å². The third-order valence-electron chi connectivity index (χ3n) is 4.47. The van der Waals surface area contributed by atoms with Gasteiger partial charge in [-0.2, -0.15) is 0 Å². The van der Waals surface area contributed by atoms with Gasteiger partial charge in [0.25, 0.3) is 0 Å². The quantitative estimate of drug-likeness (QED) is 0.802. The van der Waals surface area contributed by atoms with Crippen molar-refractivity contribution >= 4 is 0 Å². The van der Waals surface area contributed by atoms with Crippen LogP contribution in [-0.4, -0.2) is 6.54 Å². The molecule has 3 rings (SSSR count). The Balaban J connectivity index is 1.83. The van der Waals surface area contributed by atoms with Crippen LogP contribution in [0.4, 0.5) is 0 Å². The second kappa shape index (κ2) is 6.44. The number of nitrogens with one attached hydrogen (secondary N) is 1. The van der Waals surface area contributed by atoms with Crippen LogP contribution < -0.4 is 5.32 Å². The lowest BCUT2D eigenvalue weighted by atomic mass is 9.93. The van der Waals surface area contributed by atoms with Gasteiger partial charge >= 0.3 is 0 Å². The summed E-state index contributed by atoms with van der Waals surface area (Å²) in [5, 5.41) is 3.78. The molecule has 0 spiro atoms. The van der Waals surface area contributed by atoms with Gasteiger partial charge in [-0.15, -0.1) is 0 Å². The van der Waals surface area contributed by atoms with Gasteiger partial charge in [0.15, 0.2) is 0 Å². The van der Waals surface area contributed by atoms with Gasteiger partial charge in [-0.25, -0.2) is 0 Å². The summed E-state index contributed by atoms with van der Waals surface area (Å²) in [5.74, 6) is 0.980. The average molecular weight is 279 g/mol. The van der Waals surface area contributed by atoms with E-state index in [0.29, 0.717) is 6.04 Å². The second-order valence-electron chi connectivity index (χ2n) is 6.39. The number of rotatable bonds is 6. The van der Waals surface area contributed by atoms with Crippen LogP contribution in [0.5, 0.6) is 0 Å². The van der Waals surface area contributed by atoms with E-state index in [0.717, 1.165) is 12.5 Å². The van der Waals surface area contributed by atoms with Crippen LogP contribution in [0.3, 0.4) is 0 Å². The van der Waals surface area contributed by atoms with Crippen molar-refractivity contribution < 1.29 is 0 Å². The molecule has 0 bridgehead atoms. The molecule has 2 aromatic rings. The zero-order chi connectivity index (χ0) is 14.7. The summed E-state index contributed by atoms with van der Waals surface area (Å²) in [5.41, 5.74) is 5.48. The van der Waals surface area contributed by atoms with Gasteiger partial charge in [0.1, 0.15) is 0 Å². The summed E-state index contributed by atoms with van der Waals surface area (Å²) >= 11 is 0. The molecule has 0 amide bonds. The van der Waals surface area contributed by atoms with Crippen molar-refractivity contribution in [3.63, 3.8) is 0 Å². The zero-order valence-electron chi connectivity index (χ0n) is 13.1. The average Bonchev–Trinajstić information content (AvgIpc) is 3.30. The summed E-state index contributed by atoms with van der Waals surface area (Å²) in [4.78, 5) is 0. The van der Waals surface area contributed by atoms with Gasteiger partial charge in [-0.05, 0) is 49.4 Å². The minimum Gasteiger partial charge on any atom is -0.306 e. The van der Waals surface area contributed by atoms with E-state index in [9.17, 15) is 0 Å². The van der Waals surface area contributed by atoms with Crippen LogP contribution in [0.25, 0.3) is 0 Å². The smallest absolute Gasteiger partial charge is 0.0579 e. The summed E-state index contributed by atoms with van der Waals surface area (Å²) < 4.78 is 0. The van der Waals surface area contributed by atoms with Crippen LogP contribution in [0.15, 0.2) is 48.5 Å². The van der Waals surface area contributed by atoms with Gasteiger partial charge in [0.05, 0.1) is 6.04 Å². The number of aryl methyl sites for hydroxylation is 2. The molecule has 1 heteroatoms. The first-order chi connectivity index (χ1) is 10.2. The Hall–Kier alpha value is -1.60. The van der Waals surface area contributed by atoms with E-state index in [1.54, 1.807) is 0 Å². The van der Waals surface area contributed by atoms with Gasteiger partial charge in [0, 0.05) is 0 Å². The predicted molar refractivity (Wildman–Crippen MR) is 89.5 cm³/mol. The minimum atomic E-state index is 0.311. The first-order valence-electron chi connectivity index (χ1n) is 8.09. The highest BCUT2D eigenvalue weighted by molar-refractivity contribution is 5.38. The third kappa shape index (κ3) is 3.74. The molecule has 0 radical (unpaired) electrons. The van der Waals surface area contributed by atoms with Crippen molar-refractivity contribution in [1.29, 1.82) is 0 Å². The van der Waals surface area contributed by atoms with Crippen LogP contribution in [-0.2, 0) is 0 Å². The molecule has 21 heavy (non-hydrogen) atoms. The van der Waals surface area contributed by atoms with E-state index in [-0.39, 0.29) is 0 Å². The van der Waals surface area contributed by atoms with Crippen LogP contribution in [0, 0.1) is 19.8 Å². The molecule has 0 heterocycles. The zero-order valence-corrected chi connectivity index (χ0v) is 13.1. The minimum absolute atomic E-state index is 0.311. The summed E-state index contributed by atoms with van der Waals surface area (Å²) in [6.07, 6.45) is 4.18. The standard InChI is InChI=1S/C20H25N/c1-15-8-11-19(16(2)14-15)20(18-6-4-3-5-7-18)21-13-12-17-9-10-17/h3-8,11,14,17,20-21H,9-10,12-13H2,1-2H3. The molecular formula is C20H25N. The van der Waals surface area contributed by atoms with E-state index in [4.69, 9.17) is 0 Å². The fourth-order valence-corrected chi connectivity index (χ4v) is 3.04. The van der Waals surface area contributed by atoms with Crippen molar-refractivity contribution in [2.45, 2.75) is 39.2 Å². The summed E-state index contributed by atoms with van der Waals surface area (Å²) in [6, 6.07) is 17.9. The van der Waals surface area contributed by atoms with E-state index in [2.05, 4.69) is 67.7 Å². The van der Waals surface area contributed by atoms with Crippen LogP contribution in [0.1, 0.15) is 47.6 Å². The lowest BCUT2D eigenvalue weighted by Crippen LogP contribution is -2.24. The largest absolute Gasteiger partial charge is 0.306 e. The molecule has 1 nitrogen and oxygen atoms in total. The second-order valence-corrected chi connectivity index (χ2v) is 6.39. The fraction of sp³-hybridized carbons (Fsp3) is 0.400. The SMILES string of the molecule is Cc1ccc(C(NCCC2CC2)c2ccccc2)c(C)c1. The molecular weight excluding hydrogens is 254 g/mol. The molecule has 1 fully saturated rings. The van der Waals surface area contributed by atoms with E-state index < -0.39 is 0 Å². The van der Waals surface area contributed by atoms with Crippen molar-refractivity contribution in [2.75, 3.05) is 6.54 Å². The maximum atomic E-state index is 3.78. The molecule has 1 aliphatic carbocycles. The third-order valence-corrected chi connectivity index (χ3v) is 4.47. The highest BCUT2D eigenvalue weighted by Gasteiger charge is 2.22. The maximum absolute atomic E-state index is 3.78. The van der Waals surface area contributed by atoms with E-state index >= 15 is 0 Å². The molecule has 1 saturated carbocycles. The number of hydrogen-bond donors (Lipinski definition) is 1. The Bertz CT molecular complexity index is 584. The van der Waals surface area contributed by atoms with Crippen molar-refractivity contribution in [1.82, 2.24) is 5.32 Å². The van der Waals surface area contributed by atoms with Gasteiger partial charge in [-0.3, -0.25) is 0 Å². The highest BCUT2D eigenvalue weighted by Crippen LogP contribution is 2.32. The Labute approximate surface area is 128 Å². The molecule has 0 aromatic heterocycles. The lowest BCUT2D eigenvalue weighted by Gasteiger charge is -2.22. The predicted octanol–water partition coefficient (Wildman–Crippen LogP) is 4.78. The molecule has 1 unspecified atom stereocenters. The Morgan fingerprint density at radius 3 is 2.48 bits per heavy atom. The topological polar surface area (TPSA) is 12.0 Å². The maximum Gasteiger partial charge on any atom is 0.0579 e. The number of hydrogen-bond acceptors (Lipinski definition) is 1. The summed E-state index contributed by atoms with van der Waals surface area (Å²) in [6.45, 7) is 5.49. The molecule has 1 aliphatic rings. The van der Waals surface area contributed by atoms with E-state index in [1.165, 1.54) is 41.5 Å². The van der Waals surface area contributed by atoms with Crippen molar-refractivity contribution in [3.05, 3.63) is 70.8 Å². The highest BCUT2D eigenvalue weighted by atomic mass is 14.9. The summed E-state index contributed by atoms with van der Waals surface area (Å²) in [7, 11) is 0. The lowest BCUT2D eigenvalue weighted by molar-refractivity contribution is 0.559. The Morgan fingerprint density at radius 1 is 1.05 bits per heavy atom. The molecule has 1 atom stereocenters. The monoisotopic (exact) mass is 279 g/mol. The van der Waals surface area contributed by atoms with Gasteiger partial charge in [0.2, 0.25) is 0 Å². The molecule has 0 saturated heterocycles. The molecule has 2 aromatic carbocycles. The van der Waals surface area contributed by atoms with Gasteiger partial charge in [-0.1, -0.05) is 66.9 Å². The molecule has 0 aliphatic heterocycles. The van der Waals surface area contributed by atoms with Crippen LogP contribution >= 0.6 is 0 Å². The first-order valence-corrected chi connectivity index (χ1v) is 8.09. The van der Waals surface area contributed by atoms with Crippen molar-refractivity contribution in [3.8, 4) is 0 Å². The van der Waals surface area contributed by atoms with E-state index in [1.807, 2.05) is 0 Å². The fourth-order valence-electron chi connectivity index (χ4n) is 3.04. The molecule has 1 N–H and O–H groups in total. The Morgan fingerprint density at radius 2 is 1.81 bits per heavy atom. The number of benzene rings is 2. The normalized spacial score (nSPS) is 15.9.